The molecule has 1 heterocycles. The summed E-state index contributed by atoms with van der Waals surface area (Å²) in [6.07, 6.45) is 1.77. The number of benzene rings is 2. The van der Waals surface area contributed by atoms with Gasteiger partial charge in [0.2, 0.25) is 0 Å². The molecule has 34 heavy (non-hydrogen) atoms. The molecule has 0 amide bonds. The Morgan fingerprint density at radius 1 is 1.06 bits per heavy atom. The predicted octanol–water partition coefficient (Wildman–Crippen LogP) is 4.76. The fourth-order valence-corrected chi connectivity index (χ4v) is 7.28. The van der Waals surface area contributed by atoms with Crippen molar-refractivity contribution in [2.75, 3.05) is 7.11 Å². The summed E-state index contributed by atoms with van der Waals surface area (Å²) in [7, 11) is -2.98. The maximum Gasteiger partial charge on any atom is 0.329 e. The monoisotopic (exact) mass is 486 g/mol. The van der Waals surface area contributed by atoms with E-state index in [1.165, 1.54) is 19.2 Å². The molecule has 0 radical (unpaired) electrons. The zero-order valence-corrected chi connectivity index (χ0v) is 21.1. The summed E-state index contributed by atoms with van der Waals surface area (Å²) in [6.45, 7) is 5.97. The van der Waals surface area contributed by atoms with Crippen LogP contribution in [0.4, 0.5) is 0 Å². The lowest BCUT2D eigenvalue weighted by atomic mass is 9.74. The van der Waals surface area contributed by atoms with Gasteiger partial charge in [-0.05, 0) is 43.4 Å². The van der Waals surface area contributed by atoms with Crippen LogP contribution < -0.4 is 0 Å². The number of hydrogen-bond acceptors (Lipinski definition) is 6. The van der Waals surface area contributed by atoms with Gasteiger partial charge in [0.25, 0.3) is 0 Å². The summed E-state index contributed by atoms with van der Waals surface area (Å²) in [5.74, 6) is -1.85. The van der Waals surface area contributed by atoms with E-state index in [1.54, 1.807) is 49.4 Å². The summed E-state index contributed by atoms with van der Waals surface area (Å²) < 4.78 is 37.5. The maximum absolute atomic E-state index is 14.3. The Kier molecular flexibility index (Phi) is 7.86. The van der Waals surface area contributed by atoms with Crippen LogP contribution in [0.1, 0.15) is 52.0 Å². The van der Waals surface area contributed by atoms with Crippen molar-refractivity contribution in [3.05, 3.63) is 66.2 Å². The highest BCUT2D eigenvalue weighted by Gasteiger charge is 2.69. The summed E-state index contributed by atoms with van der Waals surface area (Å²) in [5, 5.41) is 0. The molecule has 1 aliphatic rings. The number of ether oxygens (including phenoxy) is 2. The number of esters is 2. The molecule has 3 atom stereocenters. The van der Waals surface area contributed by atoms with Gasteiger partial charge in [-0.2, -0.15) is 0 Å². The lowest BCUT2D eigenvalue weighted by Gasteiger charge is -2.36. The van der Waals surface area contributed by atoms with Gasteiger partial charge in [-0.3, -0.25) is 9.59 Å². The van der Waals surface area contributed by atoms with Gasteiger partial charge in [0.15, 0.2) is 14.6 Å². The first-order valence-electron chi connectivity index (χ1n) is 11.7. The minimum absolute atomic E-state index is 0.0316. The Bertz CT molecular complexity index is 1100. The number of cyclic esters (lactones) is 1. The van der Waals surface area contributed by atoms with E-state index >= 15 is 0 Å². The lowest BCUT2D eigenvalue weighted by molar-refractivity contribution is -0.151. The fraction of sp³-hybridized carbons (Fsp3) is 0.481. The molecule has 184 valence electrons. The molecule has 7 heteroatoms. The average Bonchev–Trinajstić information content (AvgIpc) is 3.02. The Labute approximate surface area is 202 Å². The lowest BCUT2D eigenvalue weighted by Crippen LogP contribution is -2.53. The van der Waals surface area contributed by atoms with Crippen LogP contribution in [-0.2, 0) is 35.3 Å². The molecule has 0 unspecified atom stereocenters. The largest absolute Gasteiger partial charge is 0.469 e. The van der Waals surface area contributed by atoms with E-state index in [9.17, 15) is 18.0 Å². The zero-order chi connectivity index (χ0) is 25.0. The van der Waals surface area contributed by atoms with Gasteiger partial charge >= 0.3 is 11.9 Å². The SMILES string of the molecule is COC(=O)C[C@H]1[C@](C)(CCCC(C)C)OC(=O)[C@@]1(Cc1ccccc1)S(=O)(=O)c1ccccc1. The molecule has 0 N–H and O–H groups in total. The number of rotatable bonds is 10. The van der Waals surface area contributed by atoms with E-state index in [0.717, 1.165) is 12.8 Å². The average molecular weight is 487 g/mol. The Balaban J connectivity index is 2.21. The molecule has 1 aliphatic heterocycles. The van der Waals surface area contributed by atoms with Crippen LogP contribution in [0.3, 0.4) is 0 Å². The van der Waals surface area contributed by atoms with Gasteiger partial charge in [0.05, 0.1) is 18.4 Å². The Hall–Kier alpha value is -2.67. The molecule has 0 aliphatic carbocycles. The van der Waals surface area contributed by atoms with E-state index in [-0.39, 0.29) is 17.7 Å². The molecule has 3 rings (SSSR count). The van der Waals surface area contributed by atoms with Gasteiger partial charge in [0, 0.05) is 12.3 Å². The number of methoxy groups -OCH3 is 1. The third-order valence-corrected chi connectivity index (χ3v) is 9.31. The number of carbonyl (C=O) groups excluding carboxylic acids is 2. The quantitative estimate of drug-likeness (QED) is 0.450. The molecule has 0 spiro atoms. The number of carbonyl (C=O) groups is 2. The topological polar surface area (TPSA) is 86.7 Å². The smallest absolute Gasteiger partial charge is 0.329 e. The second kappa shape index (κ2) is 10.3. The van der Waals surface area contributed by atoms with Crippen molar-refractivity contribution < 1.29 is 27.5 Å². The Morgan fingerprint density at radius 2 is 1.65 bits per heavy atom. The standard InChI is InChI=1S/C27H34O6S/c1-20(2)12-11-17-26(3)23(18-24(28)32-4)27(25(29)33-26,19-21-13-7-5-8-14-21)34(30,31)22-15-9-6-10-16-22/h5-10,13-16,20,23H,11-12,17-19H2,1-4H3/t23-,26-,27-/m0/s1. The van der Waals surface area contributed by atoms with Crippen LogP contribution in [-0.4, -0.2) is 37.8 Å². The van der Waals surface area contributed by atoms with Crippen LogP contribution >= 0.6 is 0 Å². The number of sulfone groups is 1. The first kappa shape index (κ1) is 25.9. The van der Waals surface area contributed by atoms with Crippen molar-refractivity contribution in [1.82, 2.24) is 0 Å². The molecular formula is C27H34O6S. The van der Waals surface area contributed by atoms with Gasteiger partial charge in [-0.1, -0.05) is 68.8 Å². The highest BCUT2D eigenvalue weighted by atomic mass is 32.2. The summed E-state index contributed by atoms with van der Waals surface area (Å²) in [6, 6.07) is 17.0. The van der Waals surface area contributed by atoms with Gasteiger partial charge in [-0.15, -0.1) is 0 Å². The normalized spacial score (nSPS) is 24.7. The van der Waals surface area contributed by atoms with Crippen molar-refractivity contribution in [1.29, 1.82) is 0 Å². The van der Waals surface area contributed by atoms with E-state index in [2.05, 4.69) is 13.8 Å². The molecule has 0 saturated carbocycles. The van der Waals surface area contributed by atoms with Crippen LogP contribution in [0.5, 0.6) is 0 Å². The molecule has 6 nitrogen and oxygen atoms in total. The van der Waals surface area contributed by atoms with Gasteiger partial charge in [-0.25, -0.2) is 8.42 Å². The molecule has 1 saturated heterocycles. The summed E-state index contributed by atoms with van der Waals surface area (Å²) >= 11 is 0. The van der Waals surface area contributed by atoms with E-state index in [0.29, 0.717) is 17.9 Å². The second-order valence-corrected chi connectivity index (χ2v) is 11.9. The van der Waals surface area contributed by atoms with Crippen LogP contribution in [0.25, 0.3) is 0 Å². The van der Waals surface area contributed by atoms with Crippen molar-refractivity contribution in [3.63, 3.8) is 0 Å². The van der Waals surface area contributed by atoms with Crippen LogP contribution in [0, 0.1) is 11.8 Å². The minimum atomic E-state index is -4.25. The van der Waals surface area contributed by atoms with E-state index in [1.807, 2.05) is 6.07 Å². The van der Waals surface area contributed by atoms with Crippen molar-refractivity contribution in [2.24, 2.45) is 11.8 Å². The zero-order valence-electron chi connectivity index (χ0n) is 20.3. The first-order chi connectivity index (χ1) is 16.1. The van der Waals surface area contributed by atoms with Crippen molar-refractivity contribution in [2.45, 2.75) is 68.1 Å². The van der Waals surface area contributed by atoms with Gasteiger partial charge < -0.3 is 9.47 Å². The highest BCUT2D eigenvalue weighted by molar-refractivity contribution is 7.93. The van der Waals surface area contributed by atoms with Crippen LogP contribution in [0.15, 0.2) is 65.6 Å². The minimum Gasteiger partial charge on any atom is -0.469 e. The number of hydrogen-bond donors (Lipinski definition) is 0. The third kappa shape index (κ3) is 4.90. The van der Waals surface area contributed by atoms with Crippen molar-refractivity contribution in [3.8, 4) is 0 Å². The molecule has 0 aromatic heterocycles. The van der Waals surface area contributed by atoms with E-state index < -0.39 is 38.0 Å². The summed E-state index contributed by atoms with van der Waals surface area (Å²) in [5.41, 5.74) is -0.447. The third-order valence-electron chi connectivity index (χ3n) is 6.87. The first-order valence-corrected chi connectivity index (χ1v) is 13.2. The second-order valence-electron chi connectivity index (χ2n) is 9.69. The predicted molar refractivity (Wildman–Crippen MR) is 130 cm³/mol. The van der Waals surface area contributed by atoms with Crippen LogP contribution in [0.2, 0.25) is 0 Å². The fourth-order valence-electron chi connectivity index (χ4n) is 5.02. The molecule has 2 aromatic carbocycles. The maximum atomic E-state index is 14.3. The van der Waals surface area contributed by atoms with Crippen molar-refractivity contribution >= 4 is 21.8 Å². The molecular weight excluding hydrogens is 452 g/mol. The van der Waals surface area contributed by atoms with Gasteiger partial charge in [0.1, 0.15) is 5.60 Å². The molecule has 0 bridgehead atoms. The Morgan fingerprint density at radius 3 is 2.21 bits per heavy atom. The van der Waals surface area contributed by atoms with E-state index in [4.69, 9.17) is 9.47 Å². The molecule has 1 fully saturated rings. The highest BCUT2D eigenvalue weighted by Crippen LogP contribution is 2.52. The molecule has 2 aromatic rings. The summed E-state index contributed by atoms with van der Waals surface area (Å²) in [4.78, 5) is 26.4.